The lowest BCUT2D eigenvalue weighted by molar-refractivity contribution is -0.139. The van der Waals surface area contributed by atoms with E-state index in [0.717, 1.165) is 26.3 Å². The fourth-order valence-electron chi connectivity index (χ4n) is 4.12. The van der Waals surface area contributed by atoms with Gasteiger partial charge in [0.05, 0.1) is 17.2 Å². The van der Waals surface area contributed by atoms with Gasteiger partial charge in [-0.1, -0.05) is 52.7 Å². The number of carbonyl (C=O) groups excluding carboxylic acids is 2. The average molecular weight is 645 g/mol. The lowest BCUT2D eigenvalue weighted by atomic mass is 10.1. The summed E-state index contributed by atoms with van der Waals surface area (Å²) in [5, 5.41) is 2.94. The topological polar surface area (TPSA) is 96.0 Å². The number of carbonyl (C=O) groups is 2. The van der Waals surface area contributed by atoms with Gasteiger partial charge in [0.15, 0.2) is 0 Å². The first kappa shape index (κ1) is 32.1. The molecule has 1 N–H and O–H groups in total. The van der Waals surface area contributed by atoms with Crippen LogP contribution < -0.4 is 14.4 Å². The van der Waals surface area contributed by atoms with E-state index in [4.69, 9.17) is 4.74 Å². The molecule has 3 aromatic carbocycles. The normalized spacial score (nSPS) is 12.7. The maximum atomic E-state index is 14.0. The van der Waals surface area contributed by atoms with Gasteiger partial charge in [0, 0.05) is 17.1 Å². The first-order valence-electron chi connectivity index (χ1n) is 13.6. The van der Waals surface area contributed by atoms with Gasteiger partial charge < -0.3 is 15.0 Å². The van der Waals surface area contributed by atoms with E-state index in [1.165, 1.54) is 17.0 Å². The first-order chi connectivity index (χ1) is 19.5. The Kier molecular flexibility index (Phi) is 11.4. The molecule has 41 heavy (non-hydrogen) atoms. The third-order valence-electron chi connectivity index (χ3n) is 6.73. The summed E-state index contributed by atoms with van der Waals surface area (Å²) in [6, 6.07) is 19.6. The Hall–Kier alpha value is -3.37. The van der Waals surface area contributed by atoms with E-state index in [2.05, 4.69) is 21.2 Å². The van der Waals surface area contributed by atoms with E-state index < -0.39 is 28.5 Å². The lowest BCUT2D eigenvalue weighted by Crippen LogP contribution is -2.52. The van der Waals surface area contributed by atoms with Gasteiger partial charge in [0.2, 0.25) is 11.8 Å². The molecule has 0 aliphatic rings. The summed E-state index contributed by atoms with van der Waals surface area (Å²) in [7, 11) is -4.15. The molecule has 0 aromatic heterocycles. The molecule has 0 fully saturated rings. The average Bonchev–Trinajstić information content (AvgIpc) is 2.95. The Morgan fingerprint density at radius 3 is 2.22 bits per heavy atom. The molecule has 0 radical (unpaired) electrons. The fourth-order valence-corrected chi connectivity index (χ4v) is 5.98. The van der Waals surface area contributed by atoms with Crippen molar-refractivity contribution < 1.29 is 22.7 Å². The van der Waals surface area contributed by atoms with E-state index >= 15 is 0 Å². The molecule has 8 nitrogen and oxygen atoms in total. The highest BCUT2D eigenvalue weighted by Gasteiger charge is 2.32. The maximum absolute atomic E-state index is 14.0. The molecule has 0 aliphatic heterocycles. The zero-order valence-electron chi connectivity index (χ0n) is 24.1. The Morgan fingerprint density at radius 2 is 1.63 bits per heavy atom. The van der Waals surface area contributed by atoms with Crippen molar-refractivity contribution in [2.24, 2.45) is 0 Å². The Morgan fingerprint density at radius 1 is 0.976 bits per heavy atom. The summed E-state index contributed by atoms with van der Waals surface area (Å²) in [4.78, 5) is 28.6. The second-order valence-electron chi connectivity index (χ2n) is 9.90. The van der Waals surface area contributed by atoms with Crippen LogP contribution in [0.15, 0.2) is 82.2 Å². The minimum Gasteiger partial charge on any atom is -0.494 e. The summed E-state index contributed by atoms with van der Waals surface area (Å²) in [6.07, 6.45) is 0.736. The molecule has 0 spiro atoms. The molecule has 3 rings (SSSR count). The van der Waals surface area contributed by atoms with Gasteiger partial charge in [-0.2, -0.15) is 0 Å². The summed E-state index contributed by atoms with van der Waals surface area (Å²) in [5.74, 6) is -0.267. The van der Waals surface area contributed by atoms with Crippen molar-refractivity contribution in [1.29, 1.82) is 0 Å². The monoisotopic (exact) mass is 643 g/mol. The van der Waals surface area contributed by atoms with Gasteiger partial charge in [-0.15, -0.1) is 0 Å². The van der Waals surface area contributed by atoms with Gasteiger partial charge in [-0.05, 0) is 88.2 Å². The van der Waals surface area contributed by atoms with E-state index in [9.17, 15) is 18.0 Å². The standard InChI is InChI=1S/C31H38BrN3O5S/c1-6-23(4)33-31(37)24(5)34(20-25-9-8-10-26(32)19-25)30(36)21-35(27-13-11-22(3)12-14-27)41(38,39)29-17-15-28(16-18-29)40-7-2/h8-19,23-24H,6-7,20-21H2,1-5H3,(H,33,37)/t23-,24+/m1/s1. The Balaban J connectivity index is 2.01. The van der Waals surface area contributed by atoms with Crippen molar-refractivity contribution >= 4 is 43.5 Å². The molecule has 0 saturated heterocycles. The molecule has 10 heteroatoms. The molecule has 2 atom stereocenters. The number of hydrogen-bond donors (Lipinski definition) is 1. The quantitative estimate of drug-likeness (QED) is 0.258. The third-order valence-corrected chi connectivity index (χ3v) is 9.02. The van der Waals surface area contributed by atoms with Crippen LogP contribution in [0.3, 0.4) is 0 Å². The van der Waals surface area contributed by atoms with Crippen molar-refractivity contribution in [3.05, 3.63) is 88.4 Å². The number of sulfonamides is 1. The predicted molar refractivity (Wildman–Crippen MR) is 165 cm³/mol. The van der Waals surface area contributed by atoms with Crippen molar-refractivity contribution in [2.75, 3.05) is 17.5 Å². The van der Waals surface area contributed by atoms with Crippen LogP contribution in [0.2, 0.25) is 0 Å². The Labute approximate surface area is 251 Å². The number of benzene rings is 3. The second kappa shape index (κ2) is 14.5. The number of rotatable bonds is 13. The highest BCUT2D eigenvalue weighted by atomic mass is 79.9. The Bertz CT molecular complexity index is 1430. The molecule has 0 heterocycles. The molecule has 2 amide bonds. The first-order valence-corrected chi connectivity index (χ1v) is 15.9. The van der Waals surface area contributed by atoms with Crippen molar-refractivity contribution in [3.63, 3.8) is 0 Å². The SMILES string of the molecule is CCOc1ccc(S(=O)(=O)N(CC(=O)N(Cc2cccc(Br)c2)[C@@H](C)C(=O)N[C@H](C)CC)c2ccc(C)cc2)cc1. The zero-order valence-corrected chi connectivity index (χ0v) is 26.5. The van der Waals surface area contributed by atoms with Crippen LogP contribution in [0.5, 0.6) is 5.75 Å². The molecule has 0 bridgehead atoms. The van der Waals surface area contributed by atoms with E-state index in [-0.39, 0.29) is 23.4 Å². The van der Waals surface area contributed by atoms with Gasteiger partial charge >= 0.3 is 0 Å². The summed E-state index contributed by atoms with van der Waals surface area (Å²) in [6.45, 7) is 9.35. The number of halogens is 1. The molecule has 0 aliphatic carbocycles. The zero-order chi connectivity index (χ0) is 30.2. The third kappa shape index (κ3) is 8.56. The van der Waals surface area contributed by atoms with Crippen LogP contribution in [0, 0.1) is 6.92 Å². The minimum absolute atomic E-state index is 0.0235. The molecule has 0 unspecified atom stereocenters. The molecular formula is C31H38BrN3O5S. The summed E-state index contributed by atoms with van der Waals surface area (Å²) in [5.41, 5.74) is 2.09. The van der Waals surface area contributed by atoms with Gasteiger partial charge in [0.25, 0.3) is 10.0 Å². The van der Waals surface area contributed by atoms with E-state index in [0.29, 0.717) is 18.0 Å². The van der Waals surface area contributed by atoms with Gasteiger partial charge in [-0.3, -0.25) is 13.9 Å². The number of amides is 2. The van der Waals surface area contributed by atoms with Gasteiger partial charge in [-0.25, -0.2) is 8.42 Å². The fraction of sp³-hybridized carbons (Fsp3) is 0.355. The van der Waals surface area contributed by atoms with Crippen LogP contribution in [0.25, 0.3) is 0 Å². The molecule has 220 valence electrons. The minimum atomic E-state index is -4.15. The van der Waals surface area contributed by atoms with Crippen LogP contribution in [0.4, 0.5) is 5.69 Å². The molecule has 3 aromatic rings. The van der Waals surface area contributed by atoms with Crippen molar-refractivity contribution in [3.8, 4) is 5.75 Å². The van der Waals surface area contributed by atoms with E-state index in [1.54, 1.807) is 43.3 Å². The number of anilines is 1. The van der Waals surface area contributed by atoms with Crippen LogP contribution in [0.1, 0.15) is 45.2 Å². The largest absolute Gasteiger partial charge is 0.494 e. The highest BCUT2D eigenvalue weighted by molar-refractivity contribution is 9.10. The van der Waals surface area contributed by atoms with Crippen LogP contribution in [-0.4, -0.2) is 50.4 Å². The summed E-state index contributed by atoms with van der Waals surface area (Å²) < 4.78 is 35.3. The maximum Gasteiger partial charge on any atom is 0.264 e. The van der Waals surface area contributed by atoms with E-state index in [1.807, 2.05) is 52.0 Å². The van der Waals surface area contributed by atoms with Crippen molar-refractivity contribution in [1.82, 2.24) is 10.2 Å². The number of hydrogen-bond acceptors (Lipinski definition) is 5. The smallest absolute Gasteiger partial charge is 0.264 e. The number of aryl methyl sites for hydroxylation is 1. The van der Waals surface area contributed by atoms with Crippen LogP contribution >= 0.6 is 15.9 Å². The highest BCUT2D eigenvalue weighted by Crippen LogP contribution is 2.26. The molecule has 0 saturated carbocycles. The number of nitrogens with one attached hydrogen (secondary N) is 1. The number of ether oxygens (including phenoxy) is 1. The van der Waals surface area contributed by atoms with Crippen molar-refractivity contribution in [2.45, 2.75) is 64.6 Å². The predicted octanol–water partition coefficient (Wildman–Crippen LogP) is 5.68. The molecular weight excluding hydrogens is 606 g/mol. The summed E-state index contributed by atoms with van der Waals surface area (Å²) >= 11 is 3.46. The lowest BCUT2D eigenvalue weighted by Gasteiger charge is -2.32. The second-order valence-corrected chi connectivity index (χ2v) is 12.7. The number of nitrogens with zero attached hydrogens (tertiary/aromatic N) is 2. The van der Waals surface area contributed by atoms with Gasteiger partial charge in [0.1, 0.15) is 18.3 Å². The van der Waals surface area contributed by atoms with Crippen LogP contribution in [-0.2, 0) is 26.2 Å².